The summed E-state index contributed by atoms with van der Waals surface area (Å²) in [5.41, 5.74) is 9.71. The molecule has 0 aliphatic carbocycles. The number of carbonyl (C=O) groups excluding carboxylic acids is 1. The molecule has 0 saturated carbocycles. The minimum atomic E-state index is -0.700. The second-order valence-corrected chi connectivity index (χ2v) is 6.79. The van der Waals surface area contributed by atoms with Crippen molar-refractivity contribution in [2.45, 2.75) is 38.8 Å². The molecule has 2 aromatic rings. The highest BCUT2D eigenvalue weighted by atomic mass is 35.5. The van der Waals surface area contributed by atoms with Crippen LogP contribution in [-0.4, -0.2) is 25.2 Å². The third-order valence-corrected chi connectivity index (χ3v) is 4.62. The van der Waals surface area contributed by atoms with Gasteiger partial charge >= 0.3 is 0 Å². The maximum Gasteiger partial charge on any atom is 0.245 e. The summed E-state index contributed by atoms with van der Waals surface area (Å²) >= 11 is 0. The predicted molar refractivity (Wildman–Crippen MR) is 110 cm³/mol. The molecule has 2 aromatic carbocycles. The van der Waals surface area contributed by atoms with Gasteiger partial charge in [0.05, 0.1) is 13.2 Å². The molecule has 3 rings (SSSR count). The molecule has 3 N–H and O–H groups in total. The summed E-state index contributed by atoms with van der Waals surface area (Å²) in [7, 11) is 0. The van der Waals surface area contributed by atoms with Gasteiger partial charge in [0.2, 0.25) is 5.91 Å². The smallest absolute Gasteiger partial charge is 0.245 e. The number of amides is 1. The van der Waals surface area contributed by atoms with Crippen LogP contribution in [0.3, 0.4) is 0 Å². The molecule has 5 nitrogen and oxygen atoms in total. The topological polar surface area (TPSA) is 73.6 Å². The van der Waals surface area contributed by atoms with E-state index in [1.54, 1.807) is 0 Å². The number of nitrogens with one attached hydrogen (secondary N) is 1. The third kappa shape index (κ3) is 5.70. The number of hydrogen-bond donors (Lipinski definition) is 2. The number of rotatable bonds is 5. The van der Waals surface area contributed by atoms with Crippen molar-refractivity contribution < 1.29 is 14.3 Å². The van der Waals surface area contributed by atoms with Gasteiger partial charge in [-0.15, -0.1) is 12.4 Å². The van der Waals surface area contributed by atoms with E-state index >= 15 is 0 Å². The molecule has 6 heteroatoms. The van der Waals surface area contributed by atoms with E-state index in [4.69, 9.17) is 15.2 Å². The van der Waals surface area contributed by atoms with Gasteiger partial charge in [-0.2, -0.15) is 0 Å². The molecule has 1 amide bonds. The Morgan fingerprint density at radius 2 is 1.81 bits per heavy atom. The first-order valence-corrected chi connectivity index (χ1v) is 9.01. The van der Waals surface area contributed by atoms with Crippen molar-refractivity contribution in [2.24, 2.45) is 5.73 Å². The highest BCUT2D eigenvalue weighted by molar-refractivity contribution is 5.95. The van der Waals surface area contributed by atoms with Gasteiger partial charge in [-0.05, 0) is 43.2 Å². The quantitative estimate of drug-likeness (QED) is 0.811. The van der Waals surface area contributed by atoms with Crippen molar-refractivity contribution in [3.63, 3.8) is 0 Å². The maximum atomic E-state index is 12.4. The van der Waals surface area contributed by atoms with E-state index < -0.39 is 6.04 Å². The van der Waals surface area contributed by atoms with E-state index in [1.807, 2.05) is 56.3 Å². The maximum absolute atomic E-state index is 12.4. The Morgan fingerprint density at radius 3 is 2.44 bits per heavy atom. The van der Waals surface area contributed by atoms with Crippen LogP contribution in [0, 0.1) is 13.8 Å². The number of halogens is 1. The van der Waals surface area contributed by atoms with Crippen LogP contribution in [0.5, 0.6) is 5.75 Å². The molecule has 27 heavy (non-hydrogen) atoms. The number of aryl methyl sites for hydroxylation is 2. The summed E-state index contributed by atoms with van der Waals surface area (Å²) in [5.74, 6) is 0.615. The zero-order valence-electron chi connectivity index (χ0n) is 15.7. The SMILES string of the molecule is Cc1ccc(C(N)C(=O)Nc2ccc(OC3CCOCC3)c(C)c2)cc1.Cl. The molecule has 1 saturated heterocycles. The molecule has 0 aromatic heterocycles. The van der Waals surface area contributed by atoms with Gasteiger partial charge in [0.1, 0.15) is 17.9 Å². The standard InChI is InChI=1S/C21H26N2O3.ClH/c1-14-3-5-16(6-4-14)20(22)21(24)23-17-7-8-19(15(2)13-17)26-18-9-11-25-12-10-18;/h3-8,13,18,20H,9-12,22H2,1-2H3,(H,23,24);1H. The van der Waals surface area contributed by atoms with E-state index in [0.29, 0.717) is 0 Å². The molecule has 1 aliphatic heterocycles. The molecule has 0 bridgehead atoms. The highest BCUT2D eigenvalue weighted by Crippen LogP contribution is 2.25. The van der Waals surface area contributed by atoms with Gasteiger partial charge in [-0.1, -0.05) is 29.8 Å². The fourth-order valence-corrected chi connectivity index (χ4v) is 2.98. The van der Waals surface area contributed by atoms with Crippen LogP contribution in [0.1, 0.15) is 35.6 Å². The minimum Gasteiger partial charge on any atom is -0.490 e. The van der Waals surface area contributed by atoms with E-state index in [2.05, 4.69) is 5.32 Å². The summed E-state index contributed by atoms with van der Waals surface area (Å²) in [6.45, 7) is 5.47. The summed E-state index contributed by atoms with van der Waals surface area (Å²) in [6, 6.07) is 12.6. The largest absolute Gasteiger partial charge is 0.490 e. The Bertz CT molecular complexity index is 759. The first-order valence-electron chi connectivity index (χ1n) is 9.01. The molecular weight excluding hydrogens is 364 g/mol. The molecule has 0 radical (unpaired) electrons. The van der Waals surface area contributed by atoms with Crippen molar-refractivity contribution in [1.82, 2.24) is 0 Å². The monoisotopic (exact) mass is 390 g/mol. The summed E-state index contributed by atoms with van der Waals surface area (Å²) in [5, 5.41) is 2.89. The van der Waals surface area contributed by atoms with Crippen molar-refractivity contribution in [1.29, 1.82) is 0 Å². The van der Waals surface area contributed by atoms with Crippen LogP contribution in [0.25, 0.3) is 0 Å². The molecule has 1 aliphatic rings. The lowest BCUT2D eigenvalue weighted by atomic mass is 10.1. The molecular formula is C21H27ClN2O3. The minimum absolute atomic E-state index is 0. The van der Waals surface area contributed by atoms with E-state index in [0.717, 1.165) is 54.2 Å². The lowest BCUT2D eigenvalue weighted by Crippen LogP contribution is -2.28. The summed E-state index contributed by atoms with van der Waals surface area (Å²) in [4.78, 5) is 12.4. The van der Waals surface area contributed by atoms with Crippen LogP contribution in [0.15, 0.2) is 42.5 Å². The van der Waals surface area contributed by atoms with Gasteiger partial charge in [-0.3, -0.25) is 4.79 Å². The molecule has 1 fully saturated rings. The molecule has 146 valence electrons. The number of ether oxygens (including phenoxy) is 2. The van der Waals surface area contributed by atoms with Crippen molar-refractivity contribution in [2.75, 3.05) is 18.5 Å². The zero-order valence-corrected chi connectivity index (χ0v) is 16.6. The van der Waals surface area contributed by atoms with Crippen LogP contribution >= 0.6 is 12.4 Å². The first-order chi connectivity index (χ1) is 12.5. The van der Waals surface area contributed by atoms with Gasteiger partial charge in [0.25, 0.3) is 0 Å². The number of benzene rings is 2. The van der Waals surface area contributed by atoms with E-state index in [9.17, 15) is 4.79 Å². The Balaban J connectivity index is 0.00000261. The fourth-order valence-electron chi connectivity index (χ4n) is 2.98. The summed E-state index contributed by atoms with van der Waals surface area (Å²) in [6.07, 6.45) is 2.00. The van der Waals surface area contributed by atoms with E-state index in [1.165, 1.54) is 0 Å². The number of anilines is 1. The van der Waals surface area contributed by atoms with Gasteiger partial charge in [-0.25, -0.2) is 0 Å². The van der Waals surface area contributed by atoms with Gasteiger partial charge in [0.15, 0.2) is 0 Å². The Kier molecular flexibility index (Phi) is 7.66. The van der Waals surface area contributed by atoms with Crippen LogP contribution in [0.2, 0.25) is 0 Å². The predicted octanol–water partition coefficient (Wildman–Crippen LogP) is 3.92. The van der Waals surface area contributed by atoms with Gasteiger partial charge < -0.3 is 20.5 Å². The lowest BCUT2D eigenvalue weighted by molar-refractivity contribution is -0.117. The number of nitrogens with two attached hydrogens (primary N) is 1. The first kappa shape index (κ1) is 21.2. The average Bonchev–Trinajstić information content (AvgIpc) is 2.65. The highest BCUT2D eigenvalue weighted by Gasteiger charge is 2.18. The molecule has 0 spiro atoms. The lowest BCUT2D eigenvalue weighted by Gasteiger charge is -2.24. The Hall–Kier alpha value is -2.08. The van der Waals surface area contributed by atoms with Crippen molar-refractivity contribution >= 4 is 24.0 Å². The third-order valence-electron chi connectivity index (χ3n) is 4.62. The number of carbonyl (C=O) groups is 1. The molecule has 1 atom stereocenters. The van der Waals surface area contributed by atoms with Crippen LogP contribution < -0.4 is 15.8 Å². The zero-order chi connectivity index (χ0) is 18.5. The van der Waals surface area contributed by atoms with Gasteiger partial charge in [0, 0.05) is 18.5 Å². The van der Waals surface area contributed by atoms with Crippen molar-refractivity contribution in [3.8, 4) is 5.75 Å². The van der Waals surface area contributed by atoms with E-state index in [-0.39, 0.29) is 24.4 Å². The van der Waals surface area contributed by atoms with Crippen molar-refractivity contribution in [3.05, 3.63) is 59.2 Å². The van der Waals surface area contributed by atoms with Crippen LogP contribution in [-0.2, 0) is 9.53 Å². The second kappa shape index (κ2) is 9.74. The average molecular weight is 391 g/mol. The fraction of sp³-hybridized carbons (Fsp3) is 0.381. The second-order valence-electron chi connectivity index (χ2n) is 6.79. The molecule has 1 heterocycles. The normalized spacial score (nSPS) is 15.5. The molecule has 1 unspecified atom stereocenters. The Labute approximate surface area is 166 Å². The summed E-state index contributed by atoms with van der Waals surface area (Å²) < 4.78 is 11.4. The Morgan fingerprint density at radius 1 is 1.15 bits per heavy atom. The number of hydrogen-bond acceptors (Lipinski definition) is 4. The van der Waals surface area contributed by atoms with Crippen LogP contribution in [0.4, 0.5) is 5.69 Å².